The Morgan fingerprint density at radius 3 is 2.84 bits per heavy atom. The Balaban J connectivity index is 1.80. The molecule has 1 saturated carbocycles. The minimum atomic E-state index is -0.400. The van der Waals surface area contributed by atoms with E-state index in [1.54, 1.807) is 7.11 Å². The van der Waals surface area contributed by atoms with Gasteiger partial charge in [0.1, 0.15) is 0 Å². The van der Waals surface area contributed by atoms with Crippen molar-refractivity contribution in [2.24, 2.45) is 5.92 Å². The Hall–Kier alpha value is -0.900. The van der Waals surface area contributed by atoms with Gasteiger partial charge in [0.05, 0.1) is 12.7 Å². The van der Waals surface area contributed by atoms with Gasteiger partial charge in [0.15, 0.2) is 0 Å². The highest BCUT2D eigenvalue weighted by atomic mass is 16.5. The highest BCUT2D eigenvalue weighted by molar-refractivity contribution is 5.16. The molecular weight excluding hydrogens is 238 g/mol. The topological polar surface area (TPSA) is 41.5 Å². The number of aliphatic hydroxyl groups is 1. The summed E-state index contributed by atoms with van der Waals surface area (Å²) < 4.78 is 4.95. The molecule has 1 fully saturated rings. The average molecular weight is 263 g/mol. The molecule has 0 aliphatic heterocycles. The van der Waals surface area contributed by atoms with E-state index >= 15 is 0 Å². The van der Waals surface area contributed by atoms with Gasteiger partial charge in [-0.2, -0.15) is 0 Å². The van der Waals surface area contributed by atoms with E-state index in [1.807, 2.05) is 0 Å². The summed E-state index contributed by atoms with van der Waals surface area (Å²) in [5.41, 5.74) is 1.42. The lowest BCUT2D eigenvalue weighted by atomic mass is 9.94. The molecule has 0 bridgehead atoms. The van der Waals surface area contributed by atoms with Gasteiger partial charge in [-0.05, 0) is 30.7 Å². The molecule has 106 valence electrons. The minimum absolute atomic E-state index is 0.400. The summed E-state index contributed by atoms with van der Waals surface area (Å²) >= 11 is 0. The third-order valence-electron chi connectivity index (χ3n) is 3.97. The molecule has 1 aliphatic carbocycles. The van der Waals surface area contributed by atoms with Gasteiger partial charge in [-0.25, -0.2) is 0 Å². The molecule has 0 saturated heterocycles. The normalized spacial score (nSPS) is 24.5. The molecule has 1 aromatic carbocycles. The second-order valence-electron chi connectivity index (χ2n) is 5.50. The van der Waals surface area contributed by atoms with Crippen molar-refractivity contribution in [3.8, 4) is 0 Å². The Morgan fingerprint density at radius 2 is 2.11 bits per heavy atom. The quantitative estimate of drug-likeness (QED) is 0.790. The van der Waals surface area contributed by atoms with E-state index in [9.17, 15) is 5.11 Å². The van der Waals surface area contributed by atoms with E-state index in [1.165, 1.54) is 24.8 Å². The molecule has 3 heteroatoms. The van der Waals surface area contributed by atoms with Crippen molar-refractivity contribution in [2.45, 2.75) is 37.8 Å². The zero-order valence-electron chi connectivity index (χ0n) is 11.7. The number of benzene rings is 1. The molecule has 0 heterocycles. The predicted molar refractivity (Wildman–Crippen MR) is 77.2 cm³/mol. The second-order valence-corrected chi connectivity index (χ2v) is 5.50. The van der Waals surface area contributed by atoms with Gasteiger partial charge in [-0.15, -0.1) is 0 Å². The van der Waals surface area contributed by atoms with Crippen LogP contribution in [0, 0.1) is 5.92 Å². The third-order valence-corrected chi connectivity index (χ3v) is 3.97. The lowest BCUT2D eigenvalue weighted by Gasteiger charge is -2.22. The number of methoxy groups -OCH3 is 1. The molecule has 1 aliphatic rings. The first-order chi connectivity index (χ1) is 9.29. The van der Waals surface area contributed by atoms with Gasteiger partial charge in [0.25, 0.3) is 0 Å². The van der Waals surface area contributed by atoms with Crippen LogP contribution in [0.4, 0.5) is 0 Å². The van der Waals surface area contributed by atoms with Crippen LogP contribution in [0.3, 0.4) is 0 Å². The van der Waals surface area contributed by atoms with Crippen LogP contribution >= 0.6 is 0 Å². The van der Waals surface area contributed by atoms with Gasteiger partial charge in [0.2, 0.25) is 0 Å². The molecule has 0 amide bonds. The van der Waals surface area contributed by atoms with Crippen LogP contribution in [-0.2, 0) is 11.2 Å². The van der Waals surface area contributed by atoms with Crippen LogP contribution in [0.15, 0.2) is 30.3 Å². The molecule has 0 spiro atoms. The van der Waals surface area contributed by atoms with Crippen molar-refractivity contribution >= 4 is 0 Å². The first-order valence-corrected chi connectivity index (χ1v) is 7.24. The van der Waals surface area contributed by atoms with Crippen LogP contribution in [0.1, 0.15) is 24.8 Å². The summed E-state index contributed by atoms with van der Waals surface area (Å²) in [6, 6.07) is 11.2. The maximum absolute atomic E-state index is 9.70. The average Bonchev–Trinajstić information content (AvgIpc) is 2.85. The van der Waals surface area contributed by atoms with Crippen molar-refractivity contribution in [3.63, 3.8) is 0 Å². The van der Waals surface area contributed by atoms with E-state index in [0.29, 0.717) is 25.1 Å². The van der Waals surface area contributed by atoms with Crippen molar-refractivity contribution < 1.29 is 9.84 Å². The smallest absolute Gasteiger partial charge is 0.0897 e. The summed E-state index contributed by atoms with van der Waals surface area (Å²) in [5.74, 6) is 0.692. The lowest BCUT2D eigenvalue weighted by Crippen LogP contribution is -2.39. The Bertz CT molecular complexity index is 355. The first-order valence-electron chi connectivity index (χ1n) is 7.24. The molecular formula is C16H25NO2. The molecule has 19 heavy (non-hydrogen) atoms. The first kappa shape index (κ1) is 14.5. The van der Waals surface area contributed by atoms with E-state index in [2.05, 4.69) is 35.6 Å². The minimum Gasteiger partial charge on any atom is -0.389 e. The van der Waals surface area contributed by atoms with Gasteiger partial charge >= 0.3 is 0 Å². The standard InChI is InChI=1S/C16H25NO2/c1-19-12-15(18)11-17-16-9-5-8-14(16)10-13-6-3-2-4-7-13/h2-4,6-7,14-18H,5,8-12H2,1H3. The zero-order chi connectivity index (χ0) is 13.5. The number of nitrogens with one attached hydrogen (secondary N) is 1. The molecule has 3 nitrogen and oxygen atoms in total. The predicted octanol–water partition coefficient (Wildman–Crippen LogP) is 1.99. The highest BCUT2D eigenvalue weighted by Crippen LogP contribution is 2.28. The van der Waals surface area contributed by atoms with Crippen molar-refractivity contribution in [1.29, 1.82) is 0 Å². The van der Waals surface area contributed by atoms with E-state index in [4.69, 9.17) is 4.74 Å². The second kappa shape index (κ2) is 7.63. The molecule has 1 aromatic rings. The number of hydrogen-bond donors (Lipinski definition) is 2. The summed E-state index contributed by atoms with van der Waals surface area (Å²) in [6.45, 7) is 1.03. The molecule has 3 unspecified atom stereocenters. The zero-order valence-corrected chi connectivity index (χ0v) is 11.7. The molecule has 0 aromatic heterocycles. The van der Waals surface area contributed by atoms with E-state index < -0.39 is 6.10 Å². The van der Waals surface area contributed by atoms with Crippen LogP contribution in [-0.4, -0.2) is 37.5 Å². The number of aliphatic hydroxyl groups excluding tert-OH is 1. The summed E-state index contributed by atoms with van der Waals surface area (Å²) in [4.78, 5) is 0. The molecule has 2 rings (SSSR count). The number of rotatable bonds is 7. The SMILES string of the molecule is COCC(O)CNC1CCCC1Cc1ccccc1. The maximum atomic E-state index is 9.70. The van der Waals surface area contributed by atoms with Crippen LogP contribution in [0.25, 0.3) is 0 Å². The summed E-state index contributed by atoms with van der Waals surface area (Å²) in [5, 5.41) is 13.2. The monoisotopic (exact) mass is 263 g/mol. The van der Waals surface area contributed by atoms with Gasteiger partial charge in [-0.3, -0.25) is 0 Å². The Labute approximate surface area is 116 Å². The van der Waals surface area contributed by atoms with Crippen molar-refractivity contribution in [2.75, 3.05) is 20.3 Å². The fraction of sp³-hybridized carbons (Fsp3) is 0.625. The van der Waals surface area contributed by atoms with Crippen molar-refractivity contribution in [3.05, 3.63) is 35.9 Å². The highest BCUT2D eigenvalue weighted by Gasteiger charge is 2.27. The third kappa shape index (κ3) is 4.60. The van der Waals surface area contributed by atoms with Crippen molar-refractivity contribution in [1.82, 2.24) is 5.32 Å². The van der Waals surface area contributed by atoms with Crippen LogP contribution < -0.4 is 5.32 Å². The van der Waals surface area contributed by atoms with E-state index in [0.717, 1.165) is 6.42 Å². The summed E-state index contributed by atoms with van der Waals surface area (Å²) in [6.07, 6.45) is 4.53. The van der Waals surface area contributed by atoms with Crippen LogP contribution in [0.2, 0.25) is 0 Å². The van der Waals surface area contributed by atoms with Gasteiger partial charge in [-0.1, -0.05) is 36.8 Å². The fourth-order valence-corrected chi connectivity index (χ4v) is 3.01. The number of hydrogen-bond acceptors (Lipinski definition) is 3. The van der Waals surface area contributed by atoms with Crippen LogP contribution in [0.5, 0.6) is 0 Å². The lowest BCUT2D eigenvalue weighted by molar-refractivity contribution is 0.0617. The molecule has 2 N–H and O–H groups in total. The van der Waals surface area contributed by atoms with E-state index in [-0.39, 0.29) is 0 Å². The number of ether oxygens (including phenoxy) is 1. The summed E-state index contributed by atoms with van der Waals surface area (Å²) in [7, 11) is 1.62. The molecule has 3 atom stereocenters. The fourth-order valence-electron chi connectivity index (χ4n) is 3.01. The Kier molecular flexibility index (Phi) is 5.83. The Morgan fingerprint density at radius 1 is 1.32 bits per heavy atom. The van der Waals surface area contributed by atoms with Gasteiger partial charge < -0.3 is 15.2 Å². The molecule has 0 radical (unpaired) electrons. The van der Waals surface area contributed by atoms with Gasteiger partial charge in [0, 0.05) is 19.7 Å². The maximum Gasteiger partial charge on any atom is 0.0897 e. The largest absolute Gasteiger partial charge is 0.389 e.